The van der Waals surface area contributed by atoms with Crippen molar-refractivity contribution in [1.82, 2.24) is 0 Å². The lowest BCUT2D eigenvalue weighted by molar-refractivity contribution is 0.102. The topological polar surface area (TPSA) is 75.3 Å². The summed E-state index contributed by atoms with van der Waals surface area (Å²) in [7, 11) is 0. The highest BCUT2D eigenvalue weighted by Crippen LogP contribution is 2.24. The number of anilines is 2. The molecule has 0 atom stereocenters. The van der Waals surface area contributed by atoms with E-state index in [2.05, 4.69) is 5.32 Å². The standard InChI is InChI=1S/C14H13FN2O2/c1-8-2-3-9(15)6-11(8)14(19)17-13-5-4-10(18)7-12(13)16/h2-7,18H,16H2,1H3,(H,17,19). The summed E-state index contributed by atoms with van der Waals surface area (Å²) >= 11 is 0. The molecule has 4 N–H and O–H groups in total. The lowest BCUT2D eigenvalue weighted by Crippen LogP contribution is -2.14. The van der Waals surface area contributed by atoms with Crippen LogP contribution in [-0.2, 0) is 0 Å². The number of phenolic OH excluding ortho intramolecular Hbond substituents is 1. The smallest absolute Gasteiger partial charge is 0.256 e. The number of amides is 1. The third-order valence-corrected chi connectivity index (χ3v) is 2.73. The van der Waals surface area contributed by atoms with E-state index in [0.717, 1.165) is 0 Å². The molecule has 0 aliphatic heterocycles. The van der Waals surface area contributed by atoms with Crippen LogP contribution in [0.2, 0.25) is 0 Å². The Labute approximate surface area is 109 Å². The average Bonchev–Trinajstić information content (AvgIpc) is 2.35. The molecule has 1 amide bonds. The van der Waals surface area contributed by atoms with Crippen molar-refractivity contribution in [3.8, 4) is 5.75 Å². The summed E-state index contributed by atoms with van der Waals surface area (Å²) in [5.41, 5.74) is 7.18. The first-order valence-corrected chi connectivity index (χ1v) is 5.63. The highest BCUT2D eigenvalue weighted by atomic mass is 19.1. The van der Waals surface area contributed by atoms with E-state index >= 15 is 0 Å². The fourth-order valence-corrected chi connectivity index (χ4v) is 1.69. The Kier molecular flexibility index (Phi) is 3.37. The van der Waals surface area contributed by atoms with Crippen LogP contribution in [0.1, 0.15) is 15.9 Å². The average molecular weight is 260 g/mol. The first-order chi connectivity index (χ1) is 8.97. The number of hydrogen-bond donors (Lipinski definition) is 3. The maximum absolute atomic E-state index is 13.1. The molecule has 0 saturated heterocycles. The minimum Gasteiger partial charge on any atom is -0.508 e. The van der Waals surface area contributed by atoms with Crippen molar-refractivity contribution in [3.63, 3.8) is 0 Å². The molecular formula is C14H13FN2O2. The molecule has 0 radical (unpaired) electrons. The van der Waals surface area contributed by atoms with Crippen LogP contribution in [0.15, 0.2) is 36.4 Å². The molecule has 4 nitrogen and oxygen atoms in total. The molecule has 0 aliphatic carbocycles. The van der Waals surface area contributed by atoms with Gasteiger partial charge in [-0.25, -0.2) is 4.39 Å². The molecule has 2 aromatic rings. The zero-order valence-corrected chi connectivity index (χ0v) is 10.3. The van der Waals surface area contributed by atoms with Gasteiger partial charge in [0.05, 0.1) is 11.4 Å². The van der Waals surface area contributed by atoms with Gasteiger partial charge in [-0.1, -0.05) is 6.07 Å². The van der Waals surface area contributed by atoms with Crippen LogP contribution in [-0.4, -0.2) is 11.0 Å². The second-order valence-electron chi connectivity index (χ2n) is 4.18. The Balaban J connectivity index is 2.28. The quantitative estimate of drug-likeness (QED) is 0.574. The molecule has 0 saturated carbocycles. The molecule has 0 heterocycles. The van der Waals surface area contributed by atoms with E-state index in [9.17, 15) is 14.3 Å². The normalized spacial score (nSPS) is 10.2. The van der Waals surface area contributed by atoms with Crippen molar-refractivity contribution in [2.45, 2.75) is 6.92 Å². The van der Waals surface area contributed by atoms with E-state index in [-0.39, 0.29) is 17.0 Å². The SMILES string of the molecule is Cc1ccc(F)cc1C(=O)Nc1ccc(O)cc1N. The third kappa shape index (κ3) is 2.82. The monoisotopic (exact) mass is 260 g/mol. The van der Waals surface area contributed by atoms with Crippen LogP contribution in [0.5, 0.6) is 5.75 Å². The summed E-state index contributed by atoms with van der Waals surface area (Å²) in [4.78, 5) is 12.0. The first-order valence-electron chi connectivity index (χ1n) is 5.63. The molecular weight excluding hydrogens is 247 g/mol. The van der Waals surface area contributed by atoms with Crippen molar-refractivity contribution in [3.05, 3.63) is 53.3 Å². The summed E-state index contributed by atoms with van der Waals surface area (Å²) in [6, 6.07) is 8.21. The largest absolute Gasteiger partial charge is 0.508 e. The predicted molar refractivity (Wildman–Crippen MR) is 71.6 cm³/mol. The van der Waals surface area contributed by atoms with Gasteiger partial charge in [-0.2, -0.15) is 0 Å². The van der Waals surface area contributed by atoms with Crippen LogP contribution in [0, 0.1) is 12.7 Å². The van der Waals surface area contributed by atoms with Crippen molar-refractivity contribution in [1.29, 1.82) is 0 Å². The minimum atomic E-state index is -0.477. The molecule has 0 aromatic heterocycles. The van der Waals surface area contributed by atoms with Crippen molar-refractivity contribution >= 4 is 17.3 Å². The van der Waals surface area contributed by atoms with Crippen LogP contribution >= 0.6 is 0 Å². The van der Waals surface area contributed by atoms with Gasteiger partial charge in [-0.3, -0.25) is 4.79 Å². The Hall–Kier alpha value is -2.56. The van der Waals surface area contributed by atoms with Gasteiger partial charge < -0.3 is 16.2 Å². The van der Waals surface area contributed by atoms with Gasteiger partial charge in [0.2, 0.25) is 0 Å². The molecule has 5 heteroatoms. The number of benzene rings is 2. The number of nitrogen functional groups attached to an aromatic ring is 1. The van der Waals surface area contributed by atoms with E-state index in [0.29, 0.717) is 11.3 Å². The number of aromatic hydroxyl groups is 1. The molecule has 0 aliphatic rings. The van der Waals surface area contributed by atoms with Crippen molar-refractivity contribution < 1.29 is 14.3 Å². The number of carbonyl (C=O) groups is 1. The van der Waals surface area contributed by atoms with Crippen LogP contribution in [0.3, 0.4) is 0 Å². The molecule has 0 fully saturated rings. The Morgan fingerprint density at radius 3 is 2.68 bits per heavy atom. The summed E-state index contributed by atoms with van der Waals surface area (Å²) in [6.45, 7) is 1.72. The number of phenols is 1. The van der Waals surface area contributed by atoms with Crippen molar-refractivity contribution in [2.24, 2.45) is 0 Å². The summed E-state index contributed by atoms with van der Waals surface area (Å²) in [5, 5.41) is 11.8. The van der Waals surface area contributed by atoms with Gasteiger partial charge in [0.1, 0.15) is 11.6 Å². The van der Waals surface area contributed by atoms with Crippen LogP contribution in [0.25, 0.3) is 0 Å². The number of halogens is 1. The van der Waals surface area contributed by atoms with E-state index in [1.165, 1.54) is 36.4 Å². The fourth-order valence-electron chi connectivity index (χ4n) is 1.69. The Bertz CT molecular complexity index is 641. The van der Waals surface area contributed by atoms with Gasteiger partial charge in [0.15, 0.2) is 0 Å². The first kappa shape index (κ1) is 12.9. The van der Waals surface area contributed by atoms with Gasteiger partial charge in [0, 0.05) is 11.6 Å². The Morgan fingerprint density at radius 1 is 1.26 bits per heavy atom. The van der Waals surface area contributed by atoms with Crippen LogP contribution in [0.4, 0.5) is 15.8 Å². The molecule has 0 unspecified atom stereocenters. The Morgan fingerprint density at radius 2 is 2.00 bits per heavy atom. The number of nitrogens with two attached hydrogens (primary N) is 1. The van der Waals surface area contributed by atoms with Gasteiger partial charge in [0.25, 0.3) is 5.91 Å². The lowest BCUT2D eigenvalue weighted by atomic mass is 10.1. The summed E-state index contributed by atoms with van der Waals surface area (Å²) in [6.07, 6.45) is 0. The second-order valence-corrected chi connectivity index (χ2v) is 4.18. The number of nitrogens with one attached hydrogen (secondary N) is 1. The molecule has 2 rings (SSSR count). The number of rotatable bonds is 2. The van der Waals surface area contributed by atoms with E-state index in [1.54, 1.807) is 6.92 Å². The summed E-state index contributed by atoms with van der Waals surface area (Å²) in [5.74, 6) is -0.916. The van der Waals surface area contributed by atoms with E-state index < -0.39 is 11.7 Å². The number of aryl methyl sites for hydroxylation is 1. The highest BCUT2D eigenvalue weighted by molar-refractivity contribution is 6.06. The van der Waals surface area contributed by atoms with Gasteiger partial charge >= 0.3 is 0 Å². The highest BCUT2D eigenvalue weighted by Gasteiger charge is 2.12. The lowest BCUT2D eigenvalue weighted by Gasteiger charge is -2.10. The minimum absolute atomic E-state index is 0.0115. The second kappa shape index (κ2) is 4.97. The maximum Gasteiger partial charge on any atom is 0.256 e. The third-order valence-electron chi connectivity index (χ3n) is 2.73. The summed E-state index contributed by atoms with van der Waals surface area (Å²) < 4.78 is 13.1. The zero-order chi connectivity index (χ0) is 14.0. The van der Waals surface area contributed by atoms with Gasteiger partial charge in [-0.05, 0) is 36.8 Å². The van der Waals surface area contributed by atoms with Crippen molar-refractivity contribution in [2.75, 3.05) is 11.1 Å². The molecule has 0 spiro atoms. The van der Waals surface area contributed by atoms with E-state index in [1.807, 2.05) is 0 Å². The predicted octanol–water partition coefficient (Wildman–Crippen LogP) is 2.67. The zero-order valence-electron chi connectivity index (χ0n) is 10.3. The molecule has 2 aromatic carbocycles. The molecule has 19 heavy (non-hydrogen) atoms. The number of hydrogen-bond acceptors (Lipinski definition) is 3. The molecule has 98 valence electrons. The molecule has 0 bridgehead atoms. The van der Waals surface area contributed by atoms with E-state index in [4.69, 9.17) is 5.73 Å². The fraction of sp³-hybridized carbons (Fsp3) is 0.0714. The van der Waals surface area contributed by atoms with Crippen LogP contribution < -0.4 is 11.1 Å². The number of carbonyl (C=O) groups excluding carboxylic acids is 1. The van der Waals surface area contributed by atoms with Gasteiger partial charge in [-0.15, -0.1) is 0 Å². The maximum atomic E-state index is 13.1.